The molecule has 1 aliphatic heterocycles. The van der Waals surface area contributed by atoms with E-state index in [0.29, 0.717) is 42.0 Å². The Morgan fingerprint density at radius 1 is 1.15 bits per heavy atom. The van der Waals surface area contributed by atoms with Crippen molar-refractivity contribution >= 4 is 28.7 Å². The fraction of sp³-hybridized carbons (Fsp3) is 0.464. The van der Waals surface area contributed by atoms with Crippen LogP contribution in [0.2, 0.25) is 0 Å². The average Bonchev–Trinajstić information content (AvgIpc) is 3.37. The van der Waals surface area contributed by atoms with E-state index < -0.39 is 17.7 Å². The number of oxazole rings is 1. The average molecular weight is 536 g/mol. The molecule has 0 aliphatic carbocycles. The molecule has 1 aliphatic rings. The predicted octanol–water partition coefficient (Wildman–Crippen LogP) is 1.73. The number of nitrogens with zero attached hydrogens (tertiary/aromatic N) is 3. The van der Waals surface area contributed by atoms with Crippen LogP contribution in [0.3, 0.4) is 0 Å². The Morgan fingerprint density at radius 3 is 2.72 bits per heavy atom. The molecule has 4 rings (SSSR count). The fourth-order valence-electron chi connectivity index (χ4n) is 4.95. The van der Waals surface area contributed by atoms with Crippen molar-refractivity contribution in [1.82, 2.24) is 20.2 Å². The molecule has 11 heteroatoms. The van der Waals surface area contributed by atoms with E-state index in [4.69, 9.17) is 15.9 Å². The topological polar surface area (TPSA) is 171 Å². The van der Waals surface area contributed by atoms with Crippen LogP contribution < -0.4 is 27.7 Å². The number of hydrogen-bond donors (Lipinski definition) is 4. The Balaban J connectivity index is 1.40. The van der Waals surface area contributed by atoms with Crippen LogP contribution in [-0.4, -0.2) is 52.9 Å². The van der Waals surface area contributed by atoms with Gasteiger partial charge in [-0.15, -0.1) is 0 Å². The summed E-state index contributed by atoms with van der Waals surface area (Å²) in [6.45, 7) is 2.21. The number of aryl methyl sites for hydroxylation is 1. The molecule has 208 valence electrons. The van der Waals surface area contributed by atoms with Crippen LogP contribution in [0.1, 0.15) is 54.8 Å². The zero-order valence-electron chi connectivity index (χ0n) is 22.1. The van der Waals surface area contributed by atoms with Crippen LogP contribution in [0.5, 0.6) is 0 Å². The number of hydrogen-bond acceptors (Lipinski definition) is 7. The number of ketones is 1. The summed E-state index contributed by atoms with van der Waals surface area (Å²) in [6, 6.07) is 9.74. The summed E-state index contributed by atoms with van der Waals surface area (Å²) in [5, 5.41) is 6.14. The Hall–Kier alpha value is -3.99. The summed E-state index contributed by atoms with van der Waals surface area (Å²) in [4.78, 5) is 47.5. The highest BCUT2D eigenvalue weighted by Gasteiger charge is 2.26. The SMILES string of the molecule is NC(N)=NCCC[C@H](NC(=O)Cn1cccc(CCCC2CCNCC2)c1=O)C(=O)c1nc2ccccc2o1. The number of guanidine groups is 1. The number of nitrogens with two attached hydrogens (primary N) is 2. The minimum absolute atomic E-state index is 0.0455. The summed E-state index contributed by atoms with van der Waals surface area (Å²) >= 11 is 0. The Morgan fingerprint density at radius 2 is 1.95 bits per heavy atom. The van der Waals surface area contributed by atoms with Crippen molar-refractivity contribution in [2.75, 3.05) is 19.6 Å². The second kappa shape index (κ2) is 13.7. The van der Waals surface area contributed by atoms with Crippen molar-refractivity contribution in [2.24, 2.45) is 22.4 Å². The lowest BCUT2D eigenvalue weighted by molar-refractivity contribution is -0.122. The molecule has 6 N–H and O–H groups in total. The first-order valence-corrected chi connectivity index (χ1v) is 13.5. The van der Waals surface area contributed by atoms with E-state index in [1.54, 1.807) is 36.5 Å². The van der Waals surface area contributed by atoms with E-state index in [1.807, 2.05) is 6.07 Å². The molecule has 3 heterocycles. The highest BCUT2D eigenvalue weighted by molar-refractivity contribution is 6.00. The van der Waals surface area contributed by atoms with Crippen molar-refractivity contribution in [3.05, 3.63) is 64.4 Å². The quantitative estimate of drug-likeness (QED) is 0.111. The van der Waals surface area contributed by atoms with Crippen molar-refractivity contribution in [1.29, 1.82) is 0 Å². The van der Waals surface area contributed by atoms with Crippen molar-refractivity contribution in [3.63, 3.8) is 0 Å². The molecule has 2 aromatic heterocycles. The number of Topliss-reactive ketones (excluding diaryl/α,β-unsaturated/α-hetero) is 1. The molecule has 11 nitrogen and oxygen atoms in total. The third kappa shape index (κ3) is 8.00. The van der Waals surface area contributed by atoms with Crippen LogP contribution >= 0.6 is 0 Å². The van der Waals surface area contributed by atoms with Crippen LogP contribution in [-0.2, 0) is 17.8 Å². The number of amides is 1. The minimum Gasteiger partial charge on any atom is -0.434 e. The highest BCUT2D eigenvalue weighted by Crippen LogP contribution is 2.19. The normalized spacial score (nSPS) is 14.7. The van der Waals surface area contributed by atoms with Gasteiger partial charge in [-0.05, 0) is 75.7 Å². The smallest absolute Gasteiger partial charge is 0.266 e. The number of para-hydroxylation sites is 2. The molecule has 3 aromatic rings. The fourth-order valence-corrected chi connectivity index (χ4v) is 4.95. The van der Waals surface area contributed by atoms with E-state index in [2.05, 4.69) is 20.6 Å². The van der Waals surface area contributed by atoms with Crippen LogP contribution in [0, 0.1) is 5.92 Å². The van der Waals surface area contributed by atoms with Gasteiger partial charge in [-0.25, -0.2) is 4.98 Å². The van der Waals surface area contributed by atoms with Crippen LogP contribution in [0.15, 0.2) is 56.8 Å². The maximum Gasteiger partial charge on any atom is 0.266 e. The number of pyridine rings is 1. The first kappa shape index (κ1) is 28.0. The molecule has 1 fully saturated rings. The molecule has 0 saturated carbocycles. The Bertz CT molecular complexity index is 1320. The first-order chi connectivity index (χ1) is 18.9. The van der Waals surface area contributed by atoms with Crippen molar-refractivity contribution < 1.29 is 14.0 Å². The van der Waals surface area contributed by atoms with Crippen LogP contribution in [0.4, 0.5) is 0 Å². The molecule has 1 amide bonds. The number of benzene rings is 1. The van der Waals surface area contributed by atoms with E-state index in [9.17, 15) is 14.4 Å². The maximum absolute atomic E-state index is 13.3. The lowest BCUT2D eigenvalue weighted by Gasteiger charge is -2.22. The first-order valence-electron chi connectivity index (χ1n) is 13.5. The molecule has 0 bridgehead atoms. The second-order valence-electron chi connectivity index (χ2n) is 9.97. The third-order valence-electron chi connectivity index (χ3n) is 7.03. The number of carbonyl (C=O) groups is 2. The van der Waals surface area contributed by atoms with Gasteiger partial charge in [0.25, 0.3) is 11.4 Å². The minimum atomic E-state index is -0.913. The van der Waals surface area contributed by atoms with Gasteiger partial charge in [-0.2, -0.15) is 0 Å². The predicted molar refractivity (Wildman–Crippen MR) is 149 cm³/mol. The maximum atomic E-state index is 13.3. The zero-order valence-corrected chi connectivity index (χ0v) is 22.1. The number of piperidine rings is 1. The van der Waals surface area contributed by atoms with Gasteiger partial charge in [0.1, 0.15) is 12.1 Å². The highest BCUT2D eigenvalue weighted by atomic mass is 16.4. The third-order valence-corrected chi connectivity index (χ3v) is 7.03. The molecular formula is C28H37N7O4. The monoisotopic (exact) mass is 535 g/mol. The lowest BCUT2D eigenvalue weighted by Crippen LogP contribution is -2.43. The number of aromatic nitrogens is 2. The van der Waals surface area contributed by atoms with E-state index in [1.165, 1.54) is 17.4 Å². The van der Waals surface area contributed by atoms with Gasteiger partial charge in [0.2, 0.25) is 11.7 Å². The van der Waals surface area contributed by atoms with Gasteiger partial charge in [-0.1, -0.05) is 24.6 Å². The summed E-state index contributed by atoms with van der Waals surface area (Å²) in [7, 11) is 0. The molecule has 1 saturated heterocycles. The van der Waals surface area contributed by atoms with E-state index in [0.717, 1.165) is 25.9 Å². The molecule has 1 atom stereocenters. The Labute approximate surface area is 227 Å². The molecule has 1 aromatic carbocycles. The van der Waals surface area contributed by atoms with Gasteiger partial charge in [0.15, 0.2) is 11.5 Å². The number of fused-ring (bicyclic) bond motifs is 1. The zero-order chi connectivity index (χ0) is 27.6. The summed E-state index contributed by atoms with van der Waals surface area (Å²) < 4.78 is 7.02. The summed E-state index contributed by atoms with van der Waals surface area (Å²) in [5.74, 6) is -0.346. The van der Waals surface area contributed by atoms with Gasteiger partial charge >= 0.3 is 0 Å². The molecule has 0 unspecified atom stereocenters. The van der Waals surface area contributed by atoms with Crippen molar-refractivity contribution in [3.8, 4) is 0 Å². The van der Waals surface area contributed by atoms with E-state index in [-0.39, 0.29) is 30.4 Å². The standard InChI is InChI=1S/C28H37N7O4/c29-28(30)32-14-4-10-22(25(37)26-34-21-9-1-2-11-23(21)39-26)33-24(36)18-35-17-5-8-20(27(35)38)7-3-6-19-12-15-31-16-13-19/h1-2,5,8-9,11,17,19,22,31H,3-4,6-7,10,12-16,18H2,(H,33,36)(H4,29,30,32)/t22-/m0/s1. The summed E-state index contributed by atoms with van der Waals surface area (Å²) in [5.41, 5.74) is 12.3. The number of rotatable bonds is 13. The summed E-state index contributed by atoms with van der Waals surface area (Å²) in [6.07, 6.45) is 7.36. The lowest BCUT2D eigenvalue weighted by atomic mass is 9.92. The van der Waals surface area contributed by atoms with Gasteiger partial charge in [0, 0.05) is 18.3 Å². The number of nitrogens with one attached hydrogen (secondary N) is 2. The molecule has 0 radical (unpaired) electrons. The van der Waals surface area contributed by atoms with E-state index >= 15 is 0 Å². The molecular weight excluding hydrogens is 498 g/mol. The largest absolute Gasteiger partial charge is 0.434 e. The van der Waals surface area contributed by atoms with Gasteiger partial charge in [0.05, 0.1) is 6.04 Å². The second-order valence-corrected chi connectivity index (χ2v) is 9.97. The van der Waals surface area contributed by atoms with Gasteiger partial charge in [-0.3, -0.25) is 19.4 Å². The number of aliphatic imine (C=N–C) groups is 1. The van der Waals surface area contributed by atoms with Crippen LogP contribution in [0.25, 0.3) is 11.1 Å². The van der Waals surface area contributed by atoms with Crippen molar-refractivity contribution in [2.45, 2.75) is 57.5 Å². The molecule has 0 spiro atoms. The molecule has 39 heavy (non-hydrogen) atoms. The van der Waals surface area contributed by atoms with Gasteiger partial charge < -0.3 is 31.1 Å². The Kier molecular flexibility index (Phi) is 9.85. The number of carbonyl (C=O) groups excluding carboxylic acids is 2.